The van der Waals surface area contributed by atoms with Crippen molar-refractivity contribution in [1.29, 1.82) is 0 Å². The number of nitrogens with zero attached hydrogens (tertiary/aromatic N) is 1. The molecule has 1 N–H and O–H groups in total. The van der Waals surface area contributed by atoms with Crippen molar-refractivity contribution in [1.82, 2.24) is 10.2 Å². The molecule has 0 saturated heterocycles. The largest absolute Gasteiger partial charge is 0.492 e. The first-order valence-corrected chi connectivity index (χ1v) is 9.90. The second-order valence-corrected chi connectivity index (χ2v) is 7.23. The molecule has 0 aliphatic carbocycles. The summed E-state index contributed by atoms with van der Waals surface area (Å²) in [6.07, 6.45) is 1.06. The summed E-state index contributed by atoms with van der Waals surface area (Å²) in [5, 5.41) is 3.70. The third-order valence-electron chi connectivity index (χ3n) is 5.48. The fourth-order valence-corrected chi connectivity index (χ4v) is 3.81. The molecule has 3 nitrogen and oxygen atoms in total. The van der Waals surface area contributed by atoms with Crippen LogP contribution in [0.5, 0.6) is 5.75 Å². The number of aryl methyl sites for hydroxylation is 2. The van der Waals surface area contributed by atoms with Crippen molar-refractivity contribution in [3.05, 3.63) is 64.2 Å². The van der Waals surface area contributed by atoms with Gasteiger partial charge in [-0.25, -0.2) is 0 Å². The predicted molar refractivity (Wildman–Crippen MR) is 109 cm³/mol. The third kappa shape index (κ3) is 4.28. The number of rotatable bonds is 7. The van der Waals surface area contributed by atoms with E-state index in [9.17, 15) is 0 Å². The van der Waals surface area contributed by atoms with E-state index >= 15 is 0 Å². The Kier molecular flexibility index (Phi) is 6.33. The van der Waals surface area contributed by atoms with Crippen LogP contribution in [0.25, 0.3) is 0 Å². The number of fused-ring (bicyclic) bond motifs is 1. The molecule has 1 aliphatic rings. The quantitative estimate of drug-likeness (QED) is 0.806. The number of ether oxygens (including phenoxy) is 1. The third-order valence-corrected chi connectivity index (χ3v) is 5.48. The molecular weight excluding hydrogens is 320 g/mol. The van der Waals surface area contributed by atoms with Gasteiger partial charge in [-0.05, 0) is 67.7 Å². The zero-order valence-electron chi connectivity index (χ0n) is 16.6. The normalized spacial score (nSPS) is 16.6. The van der Waals surface area contributed by atoms with E-state index in [0.29, 0.717) is 0 Å². The van der Waals surface area contributed by atoms with Gasteiger partial charge in [-0.3, -0.25) is 0 Å². The Morgan fingerprint density at radius 3 is 2.62 bits per heavy atom. The van der Waals surface area contributed by atoms with E-state index in [1.54, 1.807) is 0 Å². The maximum absolute atomic E-state index is 6.03. The van der Waals surface area contributed by atoms with Gasteiger partial charge in [0.2, 0.25) is 0 Å². The topological polar surface area (TPSA) is 24.5 Å². The molecule has 26 heavy (non-hydrogen) atoms. The van der Waals surface area contributed by atoms with E-state index in [-0.39, 0.29) is 6.04 Å². The molecule has 0 fully saturated rings. The second-order valence-electron chi connectivity index (χ2n) is 7.23. The van der Waals surface area contributed by atoms with Gasteiger partial charge in [0.15, 0.2) is 0 Å². The van der Waals surface area contributed by atoms with Crippen molar-refractivity contribution in [3.63, 3.8) is 0 Å². The van der Waals surface area contributed by atoms with Gasteiger partial charge in [-0.2, -0.15) is 0 Å². The Balaban J connectivity index is 1.76. The highest BCUT2D eigenvalue weighted by atomic mass is 16.5. The summed E-state index contributed by atoms with van der Waals surface area (Å²) < 4.78 is 6.03. The molecule has 1 heterocycles. The summed E-state index contributed by atoms with van der Waals surface area (Å²) in [5.74, 6) is 0.998. The number of benzene rings is 2. The van der Waals surface area contributed by atoms with Crippen molar-refractivity contribution in [2.75, 3.05) is 32.8 Å². The van der Waals surface area contributed by atoms with Gasteiger partial charge in [-0.1, -0.05) is 43.7 Å². The molecule has 2 aromatic rings. The molecule has 1 unspecified atom stereocenters. The van der Waals surface area contributed by atoms with E-state index in [0.717, 1.165) is 45.0 Å². The fraction of sp³-hybridized carbons (Fsp3) is 0.478. The molecule has 140 valence electrons. The Morgan fingerprint density at radius 2 is 1.85 bits per heavy atom. The minimum Gasteiger partial charge on any atom is -0.492 e. The molecule has 3 rings (SSSR count). The van der Waals surface area contributed by atoms with Crippen molar-refractivity contribution in [2.45, 2.75) is 40.2 Å². The van der Waals surface area contributed by atoms with Crippen LogP contribution in [0.4, 0.5) is 0 Å². The number of nitrogens with one attached hydrogen (secondary N) is 1. The molecule has 1 atom stereocenters. The highest BCUT2D eigenvalue weighted by Gasteiger charge is 2.23. The molecule has 3 heteroatoms. The van der Waals surface area contributed by atoms with Crippen LogP contribution in [0.1, 0.15) is 47.7 Å². The predicted octanol–water partition coefficient (Wildman–Crippen LogP) is 4.26. The van der Waals surface area contributed by atoms with Crippen molar-refractivity contribution >= 4 is 0 Å². The highest BCUT2D eigenvalue weighted by Crippen LogP contribution is 2.33. The lowest BCUT2D eigenvalue weighted by Gasteiger charge is -2.29. The maximum Gasteiger partial charge on any atom is 0.119 e. The molecule has 2 aromatic carbocycles. The summed E-state index contributed by atoms with van der Waals surface area (Å²) in [6, 6.07) is 13.6. The summed E-state index contributed by atoms with van der Waals surface area (Å²) in [4.78, 5) is 2.39. The van der Waals surface area contributed by atoms with Gasteiger partial charge in [0, 0.05) is 13.1 Å². The Labute approximate surface area is 158 Å². The lowest BCUT2D eigenvalue weighted by Crippen LogP contribution is -2.31. The van der Waals surface area contributed by atoms with E-state index in [4.69, 9.17) is 4.74 Å². The fourth-order valence-electron chi connectivity index (χ4n) is 3.81. The van der Waals surface area contributed by atoms with Gasteiger partial charge in [0.25, 0.3) is 0 Å². The second kappa shape index (κ2) is 8.70. The molecule has 0 aromatic heterocycles. The summed E-state index contributed by atoms with van der Waals surface area (Å²) in [6.45, 7) is 13.7. The number of hydrogen-bond acceptors (Lipinski definition) is 3. The summed E-state index contributed by atoms with van der Waals surface area (Å²) in [7, 11) is 0. The molecule has 0 amide bonds. The average Bonchev–Trinajstić information content (AvgIpc) is 2.66. The van der Waals surface area contributed by atoms with Gasteiger partial charge < -0.3 is 15.0 Å². The lowest BCUT2D eigenvalue weighted by molar-refractivity contribution is 0.222. The number of likely N-dealkylation sites (N-methyl/N-ethyl adjacent to an activating group) is 1. The van der Waals surface area contributed by atoms with E-state index in [1.807, 2.05) is 0 Å². The van der Waals surface area contributed by atoms with Crippen LogP contribution >= 0.6 is 0 Å². The minimum absolute atomic E-state index is 0.281. The molecule has 0 radical (unpaired) electrons. The highest BCUT2D eigenvalue weighted by molar-refractivity contribution is 5.46. The molecule has 0 saturated carbocycles. The van der Waals surface area contributed by atoms with Crippen LogP contribution in [0.15, 0.2) is 36.4 Å². The van der Waals surface area contributed by atoms with Crippen LogP contribution < -0.4 is 10.1 Å². The van der Waals surface area contributed by atoms with Crippen LogP contribution in [0, 0.1) is 13.8 Å². The Hall–Kier alpha value is -1.84. The molecule has 0 bridgehead atoms. The first-order chi connectivity index (χ1) is 12.6. The van der Waals surface area contributed by atoms with Gasteiger partial charge in [0.05, 0.1) is 6.04 Å². The van der Waals surface area contributed by atoms with Gasteiger partial charge >= 0.3 is 0 Å². The van der Waals surface area contributed by atoms with Gasteiger partial charge in [0.1, 0.15) is 12.4 Å². The first kappa shape index (κ1) is 18.9. The van der Waals surface area contributed by atoms with Crippen molar-refractivity contribution in [3.8, 4) is 5.75 Å². The smallest absolute Gasteiger partial charge is 0.119 e. The summed E-state index contributed by atoms with van der Waals surface area (Å²) >= 11 is 0. The SMILES string of the molecule is CCN(CC)CCOc1ccc2c(c1)CCNC2c1cc(C)ccc1C. The molecule has 0 spiro atoms. The van der Waals surface area contributed by atoms with E-state index in [1.165, 1.54) is 27.8 Å². The van der Waals surface area contributed by atoms with Crippen LogP contribution in [-0.2, 0) is 6.42 Å². The minimum atomic E-state index is 0.281. The maximum atomic E-state index is 6.03. The van der Waals surface area contributed by atoms with E-state index < -0.39 is 0 Å². The monoisotopic (exact) mass is 352 g/mol. The van der Waals surface area contributed by atoms with Crippen LogP contribution in [-0.4, -0.2) is 37.7 Å². The van der Waals surface area contributed by atoms with Crippen molar-refractivity contribution in [2.24, 2.45) is 0 Å². The zero-order valence-corrected chi connectivity index (χ0v) is 16.6. The average molecular weight is 353 g/mol. The first-order valence-electron chi connectivity index (χ1n) is 9.90. The zero-order chi connectivity index (χ0) is 18.5. The molecular formula is C23H32N2O. The number of hydrogen-bond donors (Lipinski definition) is 1. The lowest BCUT2D eigenvalue weighted by atomic mass is 9.87. The van der Waals surface area contributed by atoms with Crippen LogP contribution in [0.2, 0.25) is 0 Å². The Morgan fingerprint density at radius 1 is 1.04 bits per heavy atom. The van der Waals surface area contributed by atoms with Crippen molar-refractivity contribution < 1.29 is 4.74 Å². The van der Waals surface area contributed by atoms with E-state index in [2.05, 4.69) is 74.3 Å². The molecule has 1 aliphatic heterocycles. The standard InChI is InChI=1S/C23H32N2O/c1-5-25(6-2)13-14-26-20-9-10-21-19(16-20)11-12-24-23(21)22-15-17(3)7-8-18(22)4/h7-10,15-16,23-24H,5-6,11-14H2,1-4H3. The van der Waals surface area contributed by atoms with Crippen LogP contribution in [0.3, 0.4) is 0 Å². The van der Waals surface area contributed by atoms with Gasteiger partial charge in [-0.15, -0.1) is 0 Å². The Bertz CT molecular complexity index is 737. The summed E-state index contributed by atoms with van der Waals surface area (Å²) in [5.41, 5.74) is 6.86.